The van der Waals surface area contributed by atoms with Gasteiger partial charge < -0.3 is 10.2 Å². The molecule has 2 N–H and O–H groups in total. The highest BCUT2D eigenvalue weighted by Crippen LogP contribution is 2.25. The minimum absolute atomic E-state index is 0.633. The first kappa shape index (κ1) is 10.4. The molecule has 0 radical (unpaired) electrons. The molecule has 4 nitrogen and oxygen atoms in total. The fourth-order valence-corrected chi connectivity index (χ4v) is 2.52. The Morgan fingerprint density at radius 3 is 3.18 bits per heavy atom. The molecule has 0 saturated heterocycles. The standard InChI is InChI=1S/C12H11N3OS/c13-4-3-12-15-10(6-17-12)8-1-2-9-11(5-8)16-7-14-9/h1-2,5-7H,3-4,13H2. The summed E-state index contributed by atoms with van der Waals surface area (Å²) in [5.41, 5.74) is 9.19. The number of nitrogens with two attached hydrogens (primary N) is 1. The van der Waals surface area contributed by atoms with E-state index in [0.29, 0.717) is 6.54 Å². The van der Waals surface area contributed by atoms with Gasteiger partial charge >= 0.3 is 0 Å². The van der Waals surface area contributed by atoms with E-state index in [0.717, 1.165) is 33.8 Å². The normalized spacial score (nSPS) is 11.1. The lowest BCUT2D eigenvalue weighted by molar-refractivity contribution is 0.602. The summed E-state index contributed by atoms with van der Waals surface area (Å²) < 4.78 is 5.28. The van der Waals surface area contributed by atoms with Gasteiger partial charge in [0.05, 0.1) is 10.7 Å². The number of fused-ring (bicyclic) bond motifs is 1. The van der Waals surface area contributed by atoms with Crippen LogP contribution in [0, 0.1) is 0 Å². The maximum Gasteiger partial charge on any atom is 0.181 e. The smallest absolute Gasteiger partial charge is 0.181 e. The molecular formula is C12H11N3OS. The second-order valence-corrected chi connectivity index (χ2v) is 4.64. The summed E-state index contributed by atoms with van der Waals surface area (Å²) in [5.74, 6) is 0. The molecule has 0 amide bonds. The largest absolute Gasteiger partial charge is 0.443 e. The van der Waals surface area contributed by atoms with Crippen molar-refractivity contribution in [2.45, 2.75) is 6.42 Å². The van der Waals surface area contributed by atoms with Crippen molar-refractivity contribution in [1.82, 2.24) is 9.97 Å². The van der Waals surface area contributed by atoms with Gasteiger partial charge in [0.15, 0.2) is 12.0 Å². The lowest BCUT2D eigenvalue weighted by Gasteiger charge is -1.95. The number of oxazole rings is 1. The Hall–Kier alpha value is -1.72. The van der Waals surface area contributed by atoms with Gasteiger partial charge in [-0.3, -0.25) is 0 Å². The molecule has 0 aliphatic rings. The number of nitrogens with zero attached hydrogens (tertiary/aromatic N) is 2. The van der Waals surface area contributed by atoms with Gasteiger partial charge in [0.2, 0.25) is 0 Å². The Labute approximate surface area is 102 Å². The molecule has 0 bridgehead atoms. The maximum atomic E-state index is 5.51. The van der Waals surface area contributed by atoms with Crippen LogP contribution in [0.25, 0.3) is 22.4 Å². The lowest BCUT2D eigenvalue weighted by Crippen LogP contribution is -2.01. The minimum atomic E-state index is 0.633. The SMILES string of the molecule is NCCc1nc(-c2ccc3ncoc3c2)cs1. The van der Waals surface area contributed by atoms with Crippen LogP contribution < -0.4 is 5.73 Å². The first-order valence-electron chi connectivity index (χ1n) is 5.35. The van der Waals surface area contributed by atoms with Crippen molar-refractivity contribution in [2.24, 2.45) is 5.73 Å². The molecule has 17 heavy (non-hydrogen) atoms. The summed E-state index contributed by atoms with van der Waals surface area (Å²) in [6, 6.07) is 5.91. The van der Waals surface area contributed by atoms with Crippen LogP contribution in [-0.4, -0.2) is 16.5 Å². The molecular weight excluding hydrogens is 234 g/mol. The van der Waals surface area contributed by atoms with Crippen LogP contribution >= 0.6 is 11.3 Å². The summed E-state index contributed by atoms with van der Waals surface area (Å²) >= 11 is 1.64. The summed E-state index contributed by atoms with van der Waals surface area (Å²) in [7, 11) is 0. The van der Waals surface area contributed by atoms with Crippen LogP contribution in [0.2, 0.25) is 0 Å². The van der Waals surface area contributed by atoms with Crippen molar-refractivity contribution in [3.63, 3.8) is 0 Å². The molecule has 2 heterocycles. The van der Waals surface area contributed by atoms with Crippen molar-refractivity contribution in [2.75, 3.05) is 6.54 Å². The third kappa shape index (κ3) is 1.94. The third-order valence-electron chi connectivity index (χ3n) is 2.54. The summed E-state index contributed by atoms with van der Waals surface area (Å²) in [6.07, 6.45) is 2.28. The molecule has 0 saturated carbocycles. The molecule has 0 unspecified atom stereocenters. The molecule has 5 heteroatoms. The van der Waals surface area contributed by atoms with E-state index in [2.05, 4.69) is 9.97 Å². The second-order valence-electron chi connectivity index (χ2n) is 3.70. The molecule has 0 atom stereocenters. The van der Waals surface area contributed by atoms with E-state index in [9.17, 15) is 0 Å². The molecule has 0 aliphatic heterocycles. The summed E-state index contributed by atoms with van der Waals surface area (Å²) in [6.45, 7) is 0.633. The third-order valence-corrected chi connectivity index (χ3v) is 3.45. The summed E-state index contributed by atoms with van der Waals surface area (Å²) in [5, 5.41) is 3.11. The topological polar surface area (TPSA) is 64.9 Å². The zero-order valence-electron chi connectivity index (χ0n) is 9.09. The van der Waals surface area contributed by atoms with Crippen molar-refractivity contribution >= 4 is 22.4 Å². The van der Waals surface area contributed by atoms with Crippen LogP contribution in [-0.2, 0) is 6.42 Å². The zero-order chi connectivity index (χ0) is 11.7. The fraction of sp³-hybridized carbons (Fsp3) is 0.167. The predicted molar refractivity (Wildman–Crippen MR) is 67.9 cm³/mol. The zero-order valence-corrected chi connectivity index (χ0v) is 9.91. The van der Waals surface area contributed by atoms with Gasteiger partial charge in [0.1, 0.15) is 5.52 Å². The van der Waals surface area contributed by atoms with Crippen molar-refractivity contribution < 1.29 is 4.42 Å². The Balaban J connectivity index is 2.00. The molecule has 1 aromatic carbocycles. The van der Waals surface area contributed by atoms with Crippen molar-refractivity contribution in [3.05, 3.63) is 35.0 Å². The molecule has 3 rings (SSSR count). The second kappa shape index (κ2) is 4.27. The van der Waals surface area contributed by atoms with E-state index < -0.39 is 0 Å². The Morgan fingerprint density at radius 2 is 2.29 bits per heavy atom. The van der Waals surface area contributed by atoms with Gasteiger partial charge in [0, 0.05) is 17.4 Å². The van der Waals surface area contributed by atoms with Crippen molar-refractivity contribution in [3.8, 4) is 11.3 Å². The monoisotopic (exact) mass is 245 g/mol. The van der Waals surface area contributed by atoms with E-state index in [-0.39, 0.29) is 0 Å². The molecule has 3 aromatic rings. The summed E-state index contributed by atoms with van der Waals surface area (Å²) in [4.78, 5) is 8.62. The molecule has 0 fully saturated rings. The van der Waals surface area contributed by atoms with Crippen molar-refractivity contribution in [1.29, 1.82) is 0 Å². The van der Waals surface area contributed by atoms with Gasteiger partial charge in [-0.15, -0.1) is 11.3 Å². The van der Waals surface area contributed by atoms with E-state index in [4.69, 9.17) is 10.2 Å². The predicted octanol–water partition coefficient (Wildman–Crippen LogP) is 2.45. The number of thiazole rings is 1. The maximum absolute atomic E-state index is 5.51. The highest BCUT2D eigenvalue weighted by Gasteiger charge is 2.06. The van der Waals surface area contributed by atoms with Crippen LogP contribution in [0.15, 0.2) is 34.4 Å². The molecule has 0 aliphatic carbocycles. The van der Waals surface area contributed by atoms with E-state index in [1.807, 2.05) is 23.6 Å². The highest BCUT2D eigenvalue weighted by molar-refractivity contribution is 7.09. The van der Waals surface area contributed by atoms with Gasteiger partial charge in [-0.25, -0.2) is 9.97 Å². The van der Waals surface area contributed by atoms with E-state index in [1.54, 1.807) is 11.3 Å². The van der Waals surface area contributed by atoms with Gasteiger partial charge in [0.25, 0.3) is 0 Å². The average Bonchev–Trinajstić information content (AvgIpc) is 2.96. The quantitative estimate of drug-likeness (QED) is 0.769. The van der Waals surface area contributed by atoms with Crippen LogP contribution in [0.4, 0.5) is 0 Å². The van der Waals surface area contributed by atoms with E-state index in [1.165, 1.54) is 6.39 Å². The molecule has 0 spiro atoms. The first-order chi connectivity index (χ1) is 8.36. The average molecular weight is 245 g/mol. The number of aromatic nitrogens is 2. The van der Waals surface area contributed by atoms with Gasteiger partial charge in [-0.2, -0.15) is 0 Å². The van der Waals surface area contributed by atoms with Crippen LogP contribution in [0.1, 0.15) is 5.01 Å². The fourth-order valence-electron chi connectivity index (χ4n) is 1.70. The number of benzene rings is 1. The first-order valence-corrected chi connectivity index (χ1v) is 6.23. The van der Waals surface area contributed by atoms with Crippen LogP contribution in [0.3, 0.4) is 0 Å². The van der Waals surface area contributed by atoms with Gasteiger partial charge in [-0.05, 0) is 18.7 Å². The van der Waals surface area contributed by atoms with Gasteiger partial charge in [-0.1, -0.05) is 6.07 Å². The Bertz CT molecular complexity index is 644. The molecule has 2 aromatic heterocycles. The Kier molecular flexibility index (Phi) is 2.62. The van der Waals surface area contributed by atoms with E-state index >= 15 is 0 Å². The highest BCUT2D eigenvalue weighted by atomic mass is 32.1. The minimum Gasteiger partial charge on any atom is -0.443 e. The lowest BCUT2D eigenvalue weighted by atomic mass is 10.1. The number of rotatable bonds is 3. The van der Waals surface area contributed by atoms with Crippen LogP contribution in [0.5, 0.6) is 0 Å². The molecule has 86 valence electrons. The number of hydrogen-bond acceptors (Lipinski definition) is 5. The number of hydrogen-bond donors (Lipinski definition) is 1. The Morgan fingerprint density at radius 1 is 1.35 bits per heavy atom.